The summed E-state index contributed by atoms with van der Waals surface area (Å²) in [6.45, 7) is 0.601. The molecule has 1 heterocycles. The Morgan fingerprint density at radius 1 is 1.17 bits per heavy atom. The van der Waals surface area contributed by atoms with Gasteiger partial charge in [-0.2, -0.15) is 0 Å². The molecule has 2 aromatic rings. The lowest BCUT2D eigenvalue weighted by Crippen LogP contribution is -2.35. The van der Waals surface area contributed by atoms with Crippen molar-refractivity contribution >= 4 is 26.5 Å². The first-order chi connectivity index (χ1) is 11.0. The zero-order valence-corrected chi connectivity index (χ0v) is 14.1. The number of benzene rings is 2. The zero-order chi connectivity index (χ0) is 16.4. The van der Waals surface area contributed by atoms with Gasteiger partial charge in [-0.05, 0) is 29.2 Å². The van der Waals surface area contributed by atoms with Crippen LogP contribution in [0.5, 0.6) is 0 Å². The monoisotopic (exact) mass is 331 g/mol. The standard InChI is InChI=1S/C18H21NO3S/c1-19(18(20)16-10-12-23(21,22)13-16)11-9-15-7-4-6-14-5-2-3-8-17(14)15/h2-8,16H,9-13H2,1H3/t16-/m0/s1. The third kappa shape index (κ3) is 3.55. The van der Waals surface area contributed by atoms with E-state index in [-0.39, 0.29) is 23.3 Å². The quantitative estimate of drug-likeness (QED) is 0.864. The summed E-state index contributed by atoms with van der Waals surface area (Å²) in [5.41, 5.74) is 1.21. The molecular formula is C18H21NO3S. The average molecular weight is 331 g/mol. The third-order valence-corrected chi connectivity index (χ3v) is 6.32. The van der Waals surface area contributed by atoms with E-state index >= 15 is 0 Å². The van der Waals surface area contributed by atoms with E-state index in [1.165, 1.54) is 16.3 Å². The normalized spacial score (nSPS) is 19.8. The average Bonchev–Trinajstić information content (AvgIpc) is 2.91. The lowest BCUT2D eigenvalue weighted by atomic mass is 10.0. The number of hydrogen-bond acceptors (Lipinski definition) is 3. The maximum absolute atomic E-state index is 12.4. The molecule has 4 nitrogen and oxygen atoms in total. The van der Waals surface area contributed by atoms with E-state index in [2.05, 4.69) is 24.3 Å². The van der Waals surface area contributed by atoms with Crippen molar-refractivity contribution in [1.29, 1.82) is 0 Å². The van der Waals surface area contributed by atoms with Gasteiger partial charge in [0.1, 0.15) is 0 Å². The Morgan fingerprint density at radius 3 is 2.65 bits per heavy atom. The molecule has 23 heavy (non-hydrogen) atoms. The van der Waals surface area contributed by atoms with Crippen molar-refractivity contribution in [3.63, 3.8) is 0 Å². The number of amides is 1. The SMILES string of the molecule is CN(CCc1cccc2ccccc12)C(=O)[C@H]1CCS(=O)(=O)C1. The van der Waals surface area contributed by atoms with Gasteiger partial charge in [-0.15, -0.1) is 0 Å². The molecule has 2 aromatic carbocycles. The molecule has 0 saturated carbocycles. The topological polar surface area (TPSA) is 54.5 Å². The molecule has 0 unspecified atom stereocenters. The number of hydrogen-bond donors (Lipinski definition) is 0. The van der Waals surface area contributed by atoms with Crippen molar-refractivity contribution < 1.29 is 13.2 Å². The molecule has 122 valence electrons. The smallest absolute Gasteiger partial charge is 0.226 e. The fourth-order valence-electron chi connectivity index (χ4n) is 3.21. The van der Waals surface area contributed by atoms with Gasteiger partial charge in [-0.25, -0.2) is 8.42 Å². The lowest BCUT2D eigenvalue weighted by Gasteiger charge is -2.20. The van der Waals surface area contributed by atoms with Gasteiger partial charge in [0.05, 0.1) is 17.4 Å². The predicted octanol–water partition coefficient (Wildman–Crippen LogP) is 2.28. The van der Waals surface area contributed by atoms with Crippen LogP contribution in [0, 0.1) is 5.92 Å². The third-order valence-electron chi connectivity index (χ3n) is 4.55. The van der Waals surface area contributed by atoms with E-state index in [4.69, 9.17) is 0 Å². The molecule has 1 fully saturated rings. The van der Waals surface area contributed by atoms with Crippen LogP contribution in [0.25, 0.3) is 10.8 Å². The second-order valence-electron chi connectivity index (χ2n) is 6.25. The number of carbonyl (C=O) groups is 1. The molecule has 0 aliphatic carbocycles. The fraction of sp³-hybridized carbons (Fsp3) is 0.389. The zero-order valence-electron chi connectivity index (χ0n) is 13.2. The maximum atomic E-state index is 12.4. The summed E-state index contributed by atoms with van der Waals surface area (Å²) in [6.07, 6.45) is 1.23. The summed E-state index contributed by atoms with van der Waals surface area (Å²) in [5, 5.41) is 2.40. The van der Waals surface area contributed by atoms with Gasteiger partial charge in [-0.3, -0.25) is 4.79 Å². The number of rotatable bonds is 4. The number of carbonyl (C=O) groups excluding carboxylic acids is 1. The van der Waals surface area contributed by atoms with Crippen LogP contribution in [0.4, 0.5) is 0 Å². The van der Waals surface area contributed by atoms with Gasteiger partial charge in [0.2, 0.25) is 5.91 Å². The second kappa shape index (κ2) is 6.32. The molecule has 0 N–H and O–H groups in total. The molecule has 5 heteroatoms. The van der Waals surface area contributed by atoms with Gasteiger partial charge in [0, 0.05) is 13.6 Å². The first kappa shape index (κ1) is 16.0. The van der Waals surface area contributed by atoms with Crippen molar-refractivity contribution in [3.8, 4) is 0 Å². The van der Waals surface area contributed by atoms with Crippen molar-refractivity contribution in [1.82, 2.24) is 4.90 Å². The minimum atomic E-state index is -3.02. The second-order valence-corrected chi connectivity index (χ2v) is 8.48. The van der Waals surface area contributed by atoms with E-state index in [1.54, 1.807) is 11.9 Å². The molecule has 1 saturated heterocycles. The van der Waals surface area contributed by atoms with Crippen LogP contribution in [0.15, 0.2) is 42.5 Å². The molecule has 1 aliphatic heterocycles. The van der Waals surface area contributed by atoms with Gasteiger partial charge >= 0.3 is 0 Å². The van der Waals surface area contributed by atoms with Gasteiger partial charge < -0.3 is 4.90 Å². The number of likely N-dealkylation sites (N-methyl/N-ethyl adjacent to an activating group) is 1. The molecule has 0 spiro atoms. The Balaban J connectivity index is 1.66. The van der Waals surface area contributed by atoms with Crippen molar-refractivity contribution in [2.75, 3.05) is 25.1 Å². The van der Waals surface area contributed by atoms with Gasteiger partial charge in [0.15, 0.2) is 9.84 Å². The fourth-order valence-corrected chi connectivity index (χ4v) is 4.94. The summed E-state index contributed by atoms with van der Waals surface area (Å²) in [7, 11) is -1.26. The summed E-state index contributed by atoms with van der Waals surface area (Å²) in [5.74, 6) is -0.269. The molecule has 0 bridgehead atoms. The molecule has 3 rings (SSSR count). The van der Waals surface area contributed by atoms with Crippen LogP contribution in [0.1, 0.15) is 12.0 Å². The Labute approximate surface area is 137 Å². The largest absolute Gasteiger partial charge is 0.345 e. The highest BCUT2D eigenvalue weighted by atomic mass is 32.2. The Kier molecular flexibility index (Phi) is 4.39. The summed E-state index contributed by atoms with van der Waals surface area (Å²) in [4.78, 5) is 14.1. The Bertz CT molecular complexity index is 824. The molecule has 0 aromatic heterocycles. The first-order valence-corrected chi connectivity index (χ1v) is 9.70. The van der Waals surface area contributed by atoms with Crippen LogP contribution in [0.2, 0.25) is 0 Å². The number of nitrogens with zero attached hydrogens (tertiary/aromatic N) is 1. The highest BCUT2D eigenvalue weighted by molar-refractivity contribution is 7.91. The molecular weight excluding hydrogens is 310 g/mol. The molecule has 0 radical (unpaired) electrons. The van der Waals surface area contributed by atoms with Gasteiger partial charge in [0.25, 0.3) is 0 Å². The number of fused-ring (bicyclic) bond motifs is 1. The van der Waals surface area contributed by atoms with Crippen LogP contribution in [-0.2, 0) is 21.1 Å². The van der Waals surface area contributed by atoms with Crippen LogP contribution in [-0.4, -0.2) is 44.3 Å². The van der Waals surface area contributed by atoms with Crippen molar-refractivity contribution in [2.45, 2.75) is 12.8 Å². The Hall–Kier alpha value is -1.88. The molecule has 1 atom stereocenters. The minimum Gasteiger partial charge on any atom is -0.345 e. The van der Waals surface area contributed by atoms with E-state index in [0.717, 1.165) is 6.42 Å². The molecule has 1 amide bonds. The predicted molar refractivity (Wildman–Crippen MR) is 92.0 cm³/mol. The molecule has 1 aliphatic rings. The van der Waals surface area contributed by atoms with E-state index in [9.17, 15) is 13.2 Å². The summed E-state index contributed by atoms with van der Waals surface area (Å²) < 4.78 is 23.0. The first-order valence-electron chi connectivity index (χ1n) is 7.88. The van der Waals surface area contributed by atoms with Crippen molar-refractivity contribution in [3.05, 3.63) is 48.0 Å². The highest BCUT2D eigenvalue weighted by Gasteiger charge is 2.34. The minimum absolute atomic E-state index is 0.00441. The summed E-state index contributed by atoms with van der Waals surface area (Å²) >= 11 is 0. The van der Waals surface area contributed by atoms with E-state index in [0.29, 0.717) is 13.0 Å². The highest BCUT2D eigenvalue weighted by Crippen LogP contribution is 2.22. The maximum Gasteiger partial charge on any atom is 0.226 e. The Morgan fingerprint density at radius 2 is 1.91 bits per heavy atom. The van der Waals surface area contributed by atoms with Crippen LogP contribution < -0.4 is 0 Å². The van der Waals surface area contributed by atoms with Crippen LogP contribution in [0.3, 0.4) is 0 Å². The van der Waals surface area contributed by atoms with Crippen LogP contribution >= 0.6 is 0 Å². The van der Waals surface area contributed by atoms with E-state index < -0.39 is 9.84 Å². The number of sulfone groups is 1. The van der Waals surface area contributed by atoms with E-state index in [1.807, 2.05) is 18.2 Å². The summed E-state index contributed by atoms with van der Waals surface area (Å²) in [6, 6.07) is 14.4. The lowest BCUT2D eigenvalue weighted by molar-refractivity contribution is -0.133. The van der Waals surface area contributed by atoms with Gasteiger partial charge in [-0.1, -0.05) is 42.5 Å². The van der Waals surface area contributed by atoms with Crippen molar-refractivity contribution in [2.24, 2.45) is 5.92 Å².